The molecule has 1 fully saturated rings. The van der Waals surface area contributed by atoms with Crippen LogP contribution in [0.4, 0.5) is 0 Å². The molecule has 0 aliphatic carbocycles. The Hall–Kier alpha value is -2.65. The molecule has 1 aromatic heterocycles. The summed E-state index contributed by atoms with van der Waals surface area (Å²) in [4.78, 5) is 18.8. The van der Waals surface area contributed by atoms with E-state index in [1.807, 2.05) is 12.1 Å². The minimum Gasteiger partial charge on any atom is -0.361 e. The maximum absolute atomic E-state index is 12.8. The minimum atomic E-state index is 0.261. The van der Waals surface area contributed by atoms with Crippen LogP contribution in [0, 0.1) is 0 Å². The molecule has 1 unspecified atom stereocenters. The highest BCUT2D eigenvalue weighted by atomic mass is 16.1. The van der Waals surface area contributed by atoms with Gasteiger partial charge in [0.15, 0.2) is 5.78 Å². The lowest BCUT2D eigenvalue weighted by atomic mass is 9.93. The number of aryl methyl sites for hydroxylation is 1. The van der Waals surface area contributed by atoms with Gasteiger partial charge in [-0.3, -0.25) is 9.69 Å². The molecule has 1 saturated heterocycles. The zero-order valence-electron chi connectivity index (χ0n) is 17.6. The van der Waals surface area contributed by atoms with E-state index in [0.717, 1.165) is 43.3 Å². The number of carbonyl (C=O) groups is 1. The fraction of sp³-hybridized carbons (Fsp3) is 0.370. The number of nitrogens with zero attached hydrogens (tertiary/aromatic N) is 1. The van der Waals surface area contributed by atoms with Crippen molar-refractivity contribution in [2.45, 2.75) is 51.0 Å². The highest BCUT2D eigenvalue weighted by Gasteiger charge is 2.28. The lowest BCUT2D eigenvalue weighted by Gasteiger charge is -2.29. The summed E-state index contributed by atoms with van der Waals surface area (Å²) in [6.45, 7) is 2.30. The summed E-state index contributed by atoms with van der Waals surface area (Å²) in [6.07, 6.45) is 11.9. The van der Waals surface area contributed by atoms with Crippen molar-refractivity contribution >= 4 is 22.3 Å². The third-order valence-corrected chi connectivity index (χ3v) is 6.84. The van der Waals surface area contributed by atoms with E-state index in [9.17, 15) is 4.79 Å². The Labute approximate surface area is 178 Å². The predicted molar refractivity (Wildman–Crippen MR) is 124 cm³/mol. The van der Waals surface area contributed by atoms with E-state index in [0.29, 0.717) is 12.5 Å². The van der Waals surface area contributed by atoms with Gasteiger partial charge in [-0.05, 0) is 74.4 Å². The number of H-pyrrole nitrogens is 1. The van der Waals surface area contributed by atoms with E-state index in [1.165, 1.54) is 41.5 Å². The third-order valence-electron chi connectivity index (χ3n) is 6.84. The number of nitrogens with one attached hydrogen (secondary N) is 1. The molecule has 30 heavy (non-hydrogen) atoms. The van der Waals surface area contributed by atoms with Gasteiger partial charge in [0.2, 0.25) is 0 Å². The first kappa shape index (κ1) is 19.3. The van der Waals surface area contributed by atoms with E-state index in [2.05, 4.69) is 58.6 Å². The topological polar surface area (TPSA) is 36.1 Å². The monoisotopic (exact) mass is 398 g/mol. The zero-order chi connectivity index (χ0) is 20.3. The number of carbonyl (C=O) groups excluding carboxylic acids is 1. The van der Waals surface area contributed by atoms with Crippen LogP contribution in [0.2, 0.25) is 0 Å². The number of aromatic amines is 1. The summed E-state index contributed by atoms with van der Waals surface area (Å²) in [6, 6.07) is 17.4. The normalized spacial score (nSPS) is 19.1. The standard InChI is InChI=1S/C27H30N2O/c30-27(11-5-4-9-20-7-2-1-3-8-20)22-12-13-26-24(18-22)25(19-28-26)21-14-16-29-15-6-10-23(29)17-21/h1-3,7-8,12-14,18-19,23,28H,4-6,9-11,15-17H2. The second kappa shape index (κ2) is 8.61. The molecular formula is C27H30N2O. The fourth-order valence-corrected chi connectivity index (χ4v) is 5.11. The lowest BCUT2D eigenvalue weighted by molar-refractivity contribution is 0.0979. The Balaban J connectivity index is 1.26. The maximum atomic E-state index is 12.8. The predicted octanol–water partition coefficient (Wildman–Crippen LogP) is 6.02. The van der Waals surface area contributed by atoms with Crippen LogP contribution in [0.15, 0.2) is 60.8 Å². The lowest BCUT2D eigenvalue weighted by Crippen LogP contribution is -2.32. The van der Waals surface area contributed by atoms with Gasteiger partial charge in [0.05, 0.1) is 0 Å². The first-order valence-corrected chi connectivity index (χ1v) is 11.4. The molecule has 0 saturated carbocycles. The van der Waals surface area contributed by atoms with Gasteiger partial charge in [-0.2, -0.15) is 0 Å². The van der Waals surface area contributed by atoms with Crippen LogP contribution in [0.5, 0.6) is 0 Å². The van der Waals surface area contributed by atoms with E-state index < -0.39 is 0 Å². The molecule has 0 bridgehead atoms. The van der Waals surface area contributed by atoms with E-state index in [1.54, 1.807) is 0 Å². The molecule has 2 aliphatic heterocycles. The number of rotatable bonds is 7. The Bertz CT molecular complexity index is 1060. The average molecular weight is 399 g/mol. The summed E-state index contributed by atoms with van der Waals surface area (Å²) in [5.41, 5.74) is 6.05. The summed E-state index contributed by atoms with van der Waals surface area (Å²) < 4.78 is 0. The Kier molecular flexibility index (Phi) is 5.54. The van der Waals surface area contributed by atoms with Crippen LogP contribution >= 0.6 is 0 Å². The molecule has 1 N–H and O–H groups in total. The summed E-state index contributed by atoms with van der Waals surface area (Å²) in [7, 11) is 0. The molecule has 0 amide bonds. The Morgan fingerprint density at radius 2 is 2.00 bits per heavy atom. The van der Waals surface area contributed by atoms with Crippen LogP contribution in [0.3, 0.4) is 0 Å². The molecule has 3 heterocycles. The summed E-state index contributed by atoms with van der Waals surface area (Å²) in [5, 5.41) is 1.20. The largest absolute Gasteiger partial charge is 0.361 e. The van der Waals surface area contributed by atoms with Gasteiger partial charge in [-0.25, -0.2) is 0 Å². The van der Waals surface area contributed by atoms with Crippen molar-refractivity contribution in [1.29, 1.82) is 0 Å². The molecule has 2 aromatic carbocycles. The number of fused-ring (bicyclic) bond motifs is 2. The van der Waals surface area contributed by atoms with Gasteiger partial charge in [-0.15, -0.1) is 0 Å². The highest BCUT2D eigenvalue weighted by molar-refractivity contribution is 6.02. The van der Waals surface area contributed by atoms with Crippen molar-refractivity contribution in [3.8, 4) is 0 Å². The van der Waals surface area contributed by atoms with Crippen molar-refractivity contribution in [2.24, 2.45) is 0 Å². The number of hydrogen-bond acceptors (Lipinski definition) is 2. The summed E-state index contributed by atoms with van der Waals surface area (Å²) in [5.74, 6) is 0.261. The Morgan fingerprint density at radius 3 is 2.90 bits per heavy atom. The van der Waals surface area contributed by atoms with Gasteiger partial charge >= 0.3 is 0 Å². The second-order valence-electron chi connectivity index (χ2n) is 8.80. The Morgan fingerprint density at radius 1 is 1.10 bits per heavy atom. The van der Waals surface area contributed by atoms with Gasteiger partial charge < -0.3 is 4.98 Å². The number of hydrogen-bond donors (Lipinski definition) is 1. The van der Waals surface area contributed by atoms with Gasteiger partial charge in [0.1, 0.15) is 0 Å². The number of Topliss-reactive ketones (excluding diaryl/α,β-unsaturated/α-hetero) is 1. The summed E-state index contributed by atoms with van der Waals surface area (Å²) >= 11 is 0. The van der Waals surface area contributed by atoms with Crippen molar-refractivity contribution < 1.29 is 4.79 Å². The smallest absolute Gasteiger partial charge is 0.162 e. The first-order chi connectivity index (χ1) is 14.8. The van der Waals surface area contributed by atoms with E-state index in [-0.39, 0.29) is 5.78 Å². The number of benzene rings is 2. The third kappa shape index (κ3) is 3.99. The fourth-order valence-electron chi connectivity index (χ4n) is 5.11. The van der Waals surface area contributed by atoms with Crippen molar-refractivity contribution in [1.82, 2.24) is 9.88 Å². The number of unbranched alkanes of at least 4 members (excludes halogenated alkanes) is 1. The molecule has 2 aliphatic rings. The van der Waals surface area contributed by atoms with Gasteiger partial charge in [0, 0.05) is 47.2 Å². The van der Waals surface area contributed by atoms with E-state index >= 15 is 0 Å². The van der Waals surface area contributed by atoms with Crippen LogP contribution in [-0.2, 0) is 6.42 Å². The first-order valence-electron chi connectivity index (χ1n) is 11.4. The average Bonchev–Trinajstić information content (AvgIpc) is 3.43. The molecule has 0 radical (unpaired) electrons. The second-order valence-corrected chi connectivity index (χ2v) is 8.80. The van der Waals surface area contributed by atoms with Crippen LogP contribution < -0.4 is 0 Å². The molecule has 3 aromatic rings. The number of aromatic nitrogens is 1. The SMILES string of the molecule is O=C(CCCCc1ccccc1)c1ccc2[nH]cc(C3=CCN4CCCC4C3)c2c1. The minimum absolute atomic E-state index is 0.261. The zero-order valence-corrected chi connectivity index (χ0v) is 17.6. The maximum Gasteiger partial charge on any atom is 0.162 e. The van der Waals surface area contributed by atoms with Gasteiger partial charge in [-0.1, -0.05) is 36.4 Å². The molecule has 0 spiro atoms. The number of ketones is 1. The van der Waals surface area contributed by atoms with Crippen LogP contribution in [-0.4, -0.2) is 34.8 Å². The molecule has 1 atom stereocenters. The molecular weight excluding hydrogens is 368 g/mol. The van der Waals surface area contributed by atoms with Crippen molar-refractivity contribution in [2.75, 3.05) is 13.1 Å². The van der Waals surface area contributed by atoms with Crippen molar-refractivity contribution in [3.05, 3.63) is 77.5 Å². The molecule has 3 heteroatoms. The highest BCUT2D eigenvalue weighted by Crippen LogP contribution is 2.35. The van der Waals surface area contributed by atoms with Crippen LogP contribution in [0.1, 0.15) is 60.0 Å². The molecule has 5 rings (SSSR count). The van der Waals surface area contributed by atoms with Gasteiger partial charge in [0.25, 0.3) is 0 Å². The molecule has 3 nitrogen and oxygen atoms in total. The molecule has 154 valence electrons. The van der Waals surface area contributed by atoms with Crippen molar-refractivity contribution in [3.63, 3.8) is 0 Å². The quantitative estimate of drug-likeness (QED) is 0.390. The van der Waals surface area contributed by atoms with E-state index in [4.69, 9.17) is 0 Å². The van der Waals surface area contributed by atoms with Crippen LogP contribution in [0.25, 0.3) is 16.5 Å².